The van der Waals surface area contributed by atoms with Crippen molar-refractivity contribution in [1.29, 1.82) is 5.26 Å². The quantitative estimate of drug-likeness (QED) is 0.799. The molecule has 0 amide bonds. The summed E-state index contributed by atoms with van der Waals surface area (Å²) >= 11 is 0. The highest BCUT2D eigenvalue weighted by atomic mass is 32.2. The maximum Gasteiger partial charge on any atom is 0.417 e. The van der Waals surface area contributed by atoms with E-state index in [0.717, 1.165) is 10.4 Å². The Morgan fingerprint density at radius 3 is 2.72 bits per heavy atom. The van der Waals surface area contributed by atoms with Crippen LogP contribution in [0.15, 0.2) is 18.2 Å². The Morgan fingerprint density at radius 2 is 2.08 bits per heavy atom. The molecule has 5 atom stereocenters. The summed E-state index contributed by atoms with van der Waals surface area (Å²) in [7, 11) is -3.97. The van der Waals surface area contributed by atoms with Crippen LogP contribution in [0.25, 0.3) is 0 Å². The monoisotopic (exact) mass is 374 g/mol. The minimum Gasteiger partial charge on any atom is -0.390 e. The first-order chi connectivity index (χ1) is 11.6. The number of aliphatic hydroxyl groups is 1. The van der Waals surface area contributed by atoms with Gasteiger partial charge in [-0.2, -0.15) is 18.4 Å². The SMILES string of the molecule is N#Cc1ccc(N2CC3C([C@H]4O[C@@H]3C[C@@H]4O)S2(=O)=O)cc1C(F)(F)F. The van der Waals surface area contributed by atoms with E-state index in [-0.39, 0.29) is 18.2 Å². The van der Waals surface area contributed by atoms with Crippen molar-refractivity contribution in [3.05, 3.63) is 29.3 Å². The minimum absolute atomic E-state index is 0.00405. The molecule has 3 saturated heterocycles. The number of hydrogen-bond donors (Lipinski definition) is 1. The van der Waals surface area contributed by atoms with E-state index in [1.165, 1.54) is 12.1 Å². The number of rotatable bonds is 1. The topological polar surface area (TPSA) is 90.6 Å². The van der Waals surface area contributed by atoms with Crippen LogP contribution in [0.1, 0.15) is 17.5 Å². The fourth-order valence-electron chi connectivity index (χ4n) is 4.07. The molecule has 1 aromatic carbocycles. The number of sulfonamides is 1. The summed E-state index contributed by atoms with van der Waals surface area (Å²) in [6.45, 7) is 0.00405. The van der Waals surface area contributed by atoms with E-state index < -0.39 is 50.9 Å². The second-order valence-corrected chi connectivity index (χ2v) is 8.50. The van der Waals surface area contributed by atoms with Crippen molar-refractivity contribution in [2.45, 2.75) is 36.2 Å². The average Bonchev–Trinajstić information content (AvgIpc) is 3.15. The first-order valence-corrected chi connectivity index (χ1v) is 9.11. The summed E-state index contributed by atoms with van der Waals surface area (Å²) in [5, 5.41) is 17.8. The fourth-order valence-corrected chi connectivity index (χ4v) is 6.44. The van der Waals surface area contributed by atoms with E-state index in [2.05, 4.69) is 0 Å². The molecule has 6 nitrogen and oxygen atoms in total. The lowest BCUT2D eigenvalue weighted by Gasteiger charge is -2.23. The summed E-state index contributed by atoms with van der Waals surface area (Å²) in [6, 6.07) is 4.33. The van der Waals surface area contributed by atoms with Crippen LogP contribution in [0, 0.1) is 17.2 Å². The number of nitrogens with zero attached hydrogens (tertiary/aromatic N) is 2. The number of nitriles is 1. The maximum absolute atomic E-state index is 13.1. The van der Waals surface area contributed by atoms with Gasteiger partial charge in [0.1, 0.15) is 11.4 Å². The predicted octanol–water partition coefficient (Wildman–Crippen LogP) is 1.24. The van der Waals surface area contributed by atoms with Gasteiger partial charge in [0.15, 0.2) is 0 Å². The molecule has 0 saturated carbocycles. The zero-order valence-electron chi connectivity index (χ0n) is 12.6. The van der Waals surface area contributed by atoms with Gasteiger partial charge >= 0.3 is 6.18 Å². The Kier molecular flexibility index (Phi) is 3.39. The standard InChI is InChI=1S/C15H13F3N2O4S/c16-15(17,18)10-3-8(2-1-7(10)5-19)20-6-9-12-4-11(21)13(24-12)14(9)25(20,22)23/h1-3,9,11-14,21H,4,6H2/t9?,11-,12+,13-,14?/m0/s1. The van der Waals surface area contributed by atoms with Crippen LogP contribution in [0.4, 0.5) is 18.9 Å². The van der Waals surface area contributed by atoms with E-state index in [4.69, 9.17) is 10.00 Å². The second-order valence-electron chi connectivity index (χ2n) is 6.49. The number of hydrogen-bond acceptors (Lipinski definition) is 5. The molecule has 0 aliphatic carbocycles. The lowest BCUT2D eigenvalue weighted by molar-refractivity contribution is -0.137. The van der Waals surface area contributed by atoms with Crippen LogP contribution >= 0.6 is 0 Å². The van der Waals surface area contributed by atoms with Gasteiger partial charge in [0.25, 0.3) is 0 Å². The molecule has 3 heterocycles. The van der Waals surface area contributed by atoms with Gasteiger partial charge in [-0.1, -0.05) is 0 Å². The lowest BCUT2D eigenvalue weighted by Crippen LogP contribution is -2.42. The number of benzene rings is 1. The van der Waals surface area contributed by atoms with E-state index >= 15 is 0 Å². The summed E-state index contributed by atoms with van der Waals surface area (Å²) in [6.07, 6.45) is -6.57. The molecule has 3 aliphatic rings. The Labute approximate surface area is 141 Å². The third-order valence-corrected chi connectivity index (χ3v) is 7.43. The molecule has 0 aromatic heterocycles. The Morgan fingerprint density at radius 1 is 1.36 bits per heavy atom. The van der Waals surface area contributed by atoms with Gasteiger partial charge in [-0.05, 0) is 18.2 Å². The summed E-state index contributed by atoms with van der Waals surface area (Å²) in [5.41, 5.74) is -1.86. The lowest BCUT2D eigenvalue weighted by atomic mass is 9.87. The highest BCUT2D eigenvalue weighted by Gasteiger charge is 2.64. The van der Waals surface area contributed by atoms with Gasteiger partial charge in [0.05, 0.1) is 35.1 Å². The summed E-state index contributed by atoms with van der Waals surface area (Å²) in [4.78, 5) is 0. The number of fused-ring (bicyclic) bond motifs is 5. The van der Waals surface area contributed by atoms with Crippen molar-refractivity contribution in [2.75, 3.05) is 10.8 Å². The Balaban J connectivity index is 1.76. The van der Waals surface area contributed by atoms with Crippen molar-refractivity contribution in [3.8, 4) is 6.07 Å². The largest absolute Gasteiger partial charge is 0.417 e. The Hall–Kier alpha value is -1.83. The average molecular weight is 374 g/mol. The van der Waals surface area contributed by atoms with Gasteiger partial charge < -0.3 is 9.84 Å². The molecule has 1 aromatic rings. The van der Waals surface area contributed by atoms with Gasteiger partial charge in [0.2, 0.25) is 10.0 Å². The highest BCUT2D eigenvalue weighted by Crippen LogP contribution is 2.49. The van der Waals surface area contributed by atoms with Crippen molar-refractivity contribution in [2.24, 2.45) is 5.92 Å². The smallest absolute Gasteiger partial charge is 0.390 e. The van der Waals surface area contributed by atoms with Crippen LogP contribution in [0.3, 0.4) is 0 Å². The molecule has 2 unspecified atom stereocenters. The first-order valence-electron chi connectivity index (χ1n) is 7.61. The molecule has 4 rings (SSSR count). The van der Waals surface area contributed by atoms with Crippen LogP contribution in [-0.2, 0) is 20.9 Å². The second kappa shape index (κ2) is 5.09. The van der Waals surface area contributed by atoms with Gasteiger partial charge in [0, 0.05) is 18.9 Å². The third-order valence-electron chi connectivity index (χ3n) is 5.15. The van der Waals surface area contributed by atoms with Crippen molar-refractivity contribution in [3.63, 3.8) is 0 Å². The van der Waals surface area contributed by atoms with Gasteiger partial charge in [-0.25, -0.2) is 8.42 Å². The molecular weight excluding hydrogens is 361 g/mol. The van der Waals surface area contributed by atoms with Crippen molar-refractivity contribution < 1.29 is 31.4 Å². The molecule has 134 valence electrons. The summed E-state index contributed by atoms with van der Waals surface area (Å²) < 4.78 is 71.5. The number of anilines is 1. The third kappa shape index (κ3) is 2.26. The van der Waals surface area contributed by atoms with Crippen LogP contribution < -0.4 is 4.31 Å². The number of alkyl halides is 3. The molecule has 2 bridgehead atoms. The minimum atomic E-state index is -4.77. The van der Waals surface area contributed by atoms with E-state index in [9.17, 15) is 26.7 Å². The van der Waals surface area contributed by atoms with Crippen LogP contribution in [0.2, 0.25) is 0 Å². The molecule has 10 heteroatoms. The number of aliphatic hydroxyl groups excluding tert-OH is 1. The number of ether oxygens (including phenoxy) is 1. The zero-order chi connectivity index (χ0) is 18.1. The van der Waals surface area contributed by atoms with Gasteiger partial charge in [-0.3, -0.25) is 4.31 Å². The molecular formula is C15H13F3N2O4S. The van der Waals surface area contributed by atoms with E-state index in [0.29, 0.717) is 12.5 Å². The normalized spacial score (nSPS) is 35.6. The van der Waals surface area contributed by atoms with Crippen LogP contribution in [0.5, 0.6) is 0 Å². The zero-order valence-corrected chi connectivity index (χ0v) is 13.5. The van der Waals surface area contributed by atoms with Crippen LogP contribution in [-0.4, -0.2) is 43.6 Å². The van der Waals surface area contributed by atoms with Crippen molar-refractivity contribution in [1.82, 2.24) is 0 Å². The highest BCUT2D eigenvalue weighted by molar-refractivity contribution is 7.93. The van der Waals surface area contributed by atoms with Crippen molar-refractivity contribution >= 4 is 15.7 Å². The molecule has 25 heavy (non-hydrogen) atoms. The van der Waals surface area contributed by atoms with Gasteiger partial charge in [-0.15, -0.1) is 0 Å². The maximum atomic E-state index is 13.1. The molecule has 3 aliphatic heterocycles. The van der Waals surface area contributed by atoms with E-state index in [1.54, 1.807) is 0 Å². The first kappa shape index (κ1) is 16.6. The fraction of sp³-hybridized carbons (Fsp3) is 0.533. The molecule has 1 N–H and O–H groups in total. The molecule has 0 spiro atoms. The number of halogens is 3. The summed E-state index contributed by atoms with van der Waals surface area (Å²) in [5.74, 6) is -0.386. The molecule has 3 fully saturated rings. The van der Waals surface area contributed by atoms with E-state index in [1.807, 2.05) is 0 Å². The predicted molar refractivity (Wildman–Crippen MR) is 79.0 cm³/mol. The molecule has 0 radical (unpaired) electrons. The Bertz CT molecular complexity index is 880.